The van der Waals surface area contributed by atoms with E-state index in [1.807, 2.05) is 0 Å². The highest BCUT2D eigenvalue weighted by molar-refractivity contribution is 6.33. The molecular weight excluding hydrogens is 218 g/mol. The lowest BCUT2D eigenvalue weighted by molar-refractivity contribution is -0.286. The summed E-state index contributed by atoms with van der Waals surface area (Å²) in [6.07, 6.45) is -3.65. The lowest BCUT2D eigenvalue weighted by atomic mass is 10.3. The predicted octanol–water partition coefficient (Wildman–Crippen LogP) is 2.67. The fourth-order valence-electron chi connectivity index (χ4n) is 1.12. The Bertz CT molecular complexity index is 381. The lowest BCUT2D eigenvalue weighted by Gasteiger charge is -2.05. The van der Waals surface area contributed by atoms with Gasteiger partial charge < -0.3 is 14.2 Å². The van der Waals surface area contributed by atoms with Gasteiger partial charge in [-0.2, -0.15) is 0 Å². The maximum atomic E-state index is 12.6. The molecule has 0 spiro atoms. The van der Waals surface area contributed by atoms with Gasteiger partial charge in [0.25, 0.3) is 0 Å². The molecule has 3 nitrogen and oxygen atoms in total. The van der Waals surface area contributed by atoms with Crippen LogP contribution >= 0.6 is 11.6 Å². The van der Waals surface area contributed by atoms with Crippen LogP contribution in [0.15, 0.2) is 12.1 Å². The van der Waals surface area contributed by atoms with Gasteiger partial charge in [-0.3, -0.25) is 0 Å². The van der Waals surface area contributed by atoms with Crippen molar-refractivity contribution in [3.05, 3.63) is 17.2 Å². The topological polar surface area (TPSA) is 27.7 Å². The van der Waals surface area contributed by atoms with E-state index in [-0.39, 0.29) is 22.3 Å². The summed E-state index contributed by atoms with van der Waals surface area (Å²) < 4.78 is 38.4. The Balaban J connectivity index is 2.48. The van der Waals surface area contributed by atoms with Gasteiger partial charge in [-0.1, -0.05) is 11.6 Å². The minimum Gasteiger partial charge on any atom is -0.495 e. The third-order valence-corrected chi connectivity index (χ3v) is 2.05. The summed E-state index contributed by atoms with van der Waals surface area (Å²) in [7, 11) is 1.38. The number of fused-ring (bicyclic) bond motifs is 1. The van der Waals surface area contributed by atoms with Gasteiger partial charge in [-0.05, 0) is 12.1 Å². The number of rotatable bonds is 1. The summed E-state index contributed by atoms with van der Waals surface area (Å²) in [6, 6.07) is 2.73. The minimum absolute atomic E-state index is 0.0258. The lowest BCUT2D eigenvalue weighted by Crippen LogP contribution is -2.26. The Labute approximate surface area is 83.1 Å². The zero-order chi connectivity index (χ0) is 10.3. The molecular formula is C8H5ClF2O3. The molecule has 0 bridgehead atoms. The average molecular weight is 223 g/mol. The molecule has 6 heteroatoms. The molecule has 0 fully saturated rings. The molecule has 14 heavy (non-hydrogen) atoms. The molecule has 1 aromatic carbocycles. The number of methoxy groups -OCH3 is 1. The summed E-state index contributed by atoms with van der Waals surface area (Å²) in [6.45, 7) is 0. The molecule has 0 aromatic heterocycles. The number of alkyl halides is 2. The normalized spacial score (nSPS) is 16.9. The molecule has 0 N–H and O–H groups in total. The van der Waals surface area contributed by atoms with Crippen LogP contribution in [-0.4, -0.2) is 13.4 Å². The van der Waals surface area contributed by atoms with E-state index in [4.69, 9.17) is 16.3 Å². The van der Waals surface area contributed by atoms with E-state index in [1.165, 1.54) is 19.2 Å². The maximum Gasteiger partial charge on any atom is 0.586 e. The number of hydrogen-bond acceptors (Lipinski definition) is 3. The standard InChI is InChI=1S/C8H5ClF2O3/c1-12-4-2-3-5-7(6(4)9)14-8(10,11)13-5/h2-3H,1H3. The van der Waals surface area contributed by atoms with Gasteiger partial charge in [0, 0.05) is 0 Å². The van der Waals surface area contributed by atoms with Crippen molar-refractivity contribution >= 4 is 11.6 Å². The highest BCUT2D eigenvalue weighted by atomic mass is 35.5. The summed E-state index contributed by atoms with van der Waals surface area (Å²) in [5, 5.41) is -0.0258. The Morgan fingerprint density at radius 3 is 2.71 bits per heavy atom. The molecule has 0 saturated carbocycles. The largest absolute Gasteiger partial charge is 0.586 e. The maximum absolute atomic E-state index is 12.6. The van der Waals surface area contributed by atoms with E-state index < -0.39 is 6.29 Å². The molecule has 0 amide bonds. The quantitative estimate of drug-likeness (QED) is 0.731. The molecule has 0 aliphatic carbocycles. The minimum atomic E-state index is -3.65. The van der Waals surface area contributed by atoms with Gasteiger partial charge in [0.15, 0.2) is 11.5 Å². The van der Waals surface area contributed by atoms with Crippen LogP contribution in [0.1, 0.15) is 0 Å². The molecule has 76 valence electrons. The molecule has 0 saturated heterocycles. The molecule has 1 aliphatic heterocycles. The van der Waals surface area contributed by atoms with Crippen LogP contribution in [0, 0.1) is 0 Å². The molecule has 0 atom stereocenters. The zero-order valence-corrected chi connectivity index (χ0v) is 7.77. The highest BCUT2D eigenvalue weighted by Crippen LogP contribution is 2.48. The number of halogens is 3. The average Bonchev–Trinajstić information content (AvgIpc) is 2.42. The van der Waals surface area contributed by atoms with Crippen LogP contribution < -0.4 is 14.2 Å². The second-order valence-electron chi connectivity index (χ2n) is 2.58. The zero-order valence-electron chi connectivity index (χ0n) is 7.01. The van der Waals surface area contributed by atoms with Gasteiger partial charge >= 0.3 is 6.29 Å². The number of benzene rings is 1. The van der Waals surface area contributed by atoms with Gasteiger partial charge in [-0.25, -0.2) is 0 Å². The Morgan fingerprint density at radius 1 is 1.36 bits per heavy atom. The van der Waals surface area contributed by atoms with E-state index >= 15 is 0 Å². The van der Waals surface area contributed by atoms with Crippen molar-refractivity contribution in [3.8, 4) is 17.2 Å². The van der Waals surface area contributed by atoms with Crippen LogP contribution in [0.2, 0.25) is 5.02 Å². The monoisotopic (exact) mass is 222 g/mol. The van der Waals surface area contributed by atoms with Crippen LogP contribution in [0.5, 0.6) is 17.2 Å². The first-order valence-electron chi connectivity index (χ1n) is 3.66. The van der Waals surface area contributed by atoms with Crippen molar-refractivity contribution in [2.75, 3.05) is 7.11 Å². The molecule has 0 radical (unpaired) electrons. The van der Waals surface area contributed by atoms with Crippen LogP contribution in [0.25, 0.3) is 0 Å². The van der Waals surface area contributed by atoms with Gasteiger partial charge in [-0.15, -0.1) is 8.78 Å². The molecule has 2 rings (SSSR count). The van der Waals surface area contributed by atoms with Gasteiger partial charge in [0.2, 0.25) is 0 Å². The Hall–Kier alpha value is -1.23. The Kier molecular flexibility index (Phi) is 1.92. The number of ether oxygens (including phenoxy) is 3. The third-order valence-electron chi connectivity index (χ3n) is 1.70. The smallest absolute Gasteiger partial charge is 0.495 e. The fraction of sp³-hybridized carbons (Fsp3) is 0.250. The number of hydrogen-bond donors (Lipinski definition) is 0. The van der Waals surface area contributed by atoms with E-state index in [9.17, 15) is 8.78 Å². The van der Waals surface area contributed by atoms with Crippen molar-refractivity contribution in [2.24, 2.45) is 0 Å². The van der Waals surface area contributed by atoms with E-state index in [1.54, 1.807) is 0 Å². The first-order chi connectivity index (χ1) is 6.53. The van der Waals surface area contributed by atoms with Crippen molar-refractivity contribution in [1.82, 2.24) is 0 Å². The van der Waals surface area contributed by atoms with Crippen molar-refractivity contribution in [2.45, 2.75) is 6.29 Å². The van der Waals surface area contributed by atoms with Gasteiger partial charge in [0.05, 0.1) is 7.11 Å². The first-order valence-corrected chi connectivity index (χ1v) is 4.03. The summed E-state index contributed by atoms with van der Waals surface area (Å²) in [5.41, 5.74) is 0. The predicted molar refractivity (Wildman–Crippen MR) is 44.2 cm³/mol. The van der Waals surface area contributed by atoms with Crippen molar-refractivity contribution in [3.63, 3.8) is 0 Å². The summed E-state index contributed by atoms with van der Waals surface area (Å²) >= 11 is 5.72. The Morgan fingerprint density at radius 2 is 2.07 bits per heavy atom. The highest BCUT2D eigenvalue weighted by Gasteiger charge is 2.45. The van der Waals surface area contributed by atoms with Crippen LogP contribution in [0.4, 0.5) is 8.78 Å². The summed E-state index contributed by atoms with van der Waals surface area (Å²) in [5.74, 6) is -0.0384. The van der Waals surface area contributed by atoms with Crippen LogP contribution in [-0.2, 0) is 0 Å². The summed E-state index contributed by atoms with van der Waals surface area (Å²) in [4.78, 5) is 0. The third kappa shape index (κ3) is 1.33. The van der Waals surface area contributed by atoms with E-state index in [2.05, 4.69) is 9.47 Å². The van der Waals surface area contributed by atoms with E-state index in [0.717, 1.165) is 0 Å². The SMILES string of the molecule is COc1ccc2c(c1Cl)OC(F)(F)O2. The fourth-order valence-corrected chi connectivity index (χ4v) is 1.39. The molecule has 0 unspecified atom stereocenters. The van der Waals surface area contributed by atoms with Crippen LogP contribution in [0.3, 0.4) is 0 Å². The molecule has 1 aliphatic rings. The second-order valence-corrected chi connectivity index (χ2v) is 2.95. The van der Waals surface area contributed by atoms with Crippen molar-refractivity contribution < 1.29 is 23.0 Å². The molecule has 1 aromatic rings. The molecule has 1 heterocycles. The first kappa shape index (κ1) is 9.33. The second kappa shape index (κ2) is 2.88. The van der Waals surface area contributed by atoms with Gasteiger partial charge in [0.1, 0.15) is 10.8 Å². The van der Waals surface area contributed by atoms with Crippen molar-refractivity contribution in [1.29, 1.82) is 0 Å². The van der Waals surface area contributed by atoms with E-state index in [0.29, 0.717) is 0 Å².